The normalized spacial score (nSPS) is 37.9. The minimum Gasteiger partial charge on any atom is -0.270 e. The minimum absolute atomic E-state index is 0.177. The van der Waals surface area contributed by atoms with Crippen LogP contribution in [-0.2, 0) is 0 Å². The Morgan fingerprint density at radius 1 is 0.857 bits per heavy atom. The first kappa shape index (κ1) is 17.5. The summed E-state index contributed by atoms with van der Waals surface area (Å²) < 4.78 is 0. The summed E-state index contributed by atoms with van der Waals surface area (Å²) in [6.45, 7) is 4.34. The number of nitrogens with zero attached hydrogens (tertiary/aromatic N) is 4. The molecule has 0 N–H and O–H groups in total. The van der Waals surface area contributed by atoms with E-state index < -0.39 is 16.5 Å². The highest BCUT2D eigenvalue weighted by atomic mass is 16.6. The number of benzene rings is 2. The number of hydrogen-bond acceptors (Lipinski definition) is 6. The van der Waals surface area contributed by atoms with Crippen molar-refractivity contribution in [3.63, 3.8) is 0 Å². The molecule has 2 aromatic carbocycles. The summed E-state index contributed by atoms with van der Waals surface area (Å²) >= 11 is 0. The van der Waals surface area contributed by atoms with Crippen LogP contribution >= 0.6 is 0 Å². The van der Waals surface area contributed by atoms with Gasteiger partial charge in [-0.2, -0.15) is 0 Å². The van der Waals surface area contributed by atoms with Crippen LogP contribution in [0, 0.1) is 25.6 Å². The van der Waals surface area contributed by atoms with Gasteiger partial charge in [0.1, 0.15) is 5.41 Å². The molecule has 0 saturated carbocycles. The third kappa shape index (κ3) is 1.82. The van der Waals surface area contributed by atoms with Gasteiger partial charge < -0.3 is 0 Å². The third-order valence-corrected chi connectivity index (χ3v) is 7.68. The molecule has 0 atom stereocenters. The van der Waals surface area contributed by atoms with Gasteiger partial charge in [-0.05, 0) is 30.2 Å². The monoisotopic (exact) mass is 382 g/mol. The molecule has 4 saturated heterocycles. The summed E-state index contributed by atoms with van der Waals surface area (Å²) in [4.78, 5) is 27.8. The van der Waals surface area contributed by atoms with Crippen LogP contribution in [0.25, 0.3) is 10.8 Å². The maximum atomic E-state index is 12.2. The Morgan fingerprint density at radius 2 is 1.36 bits per heavy atom. The molecule has 146 valence electrons. The van der Waals surface area contributed by atoms with Gasteiger partial charge in [-0.1, -0.05) is 42.5 Å². The molecule has 8 heteroatoms. The third-order valence-electron chi connectivity index (χ3n) is 7.68. The van der Waals surface area contributed by atoms with Crippen molar-refractivity contribution < 1.29 is 9.85 Å². The molecule has 0 radical (unpaired) electrons. The molecule has 4 fully saturated rings. The van der Waals surface area contributed by atoms with Crippen molar-refractivity contribution in [2.24, 2.45) is 5.41 Å². The van der Waals surface area contributed by atoms with Crippen molar-refractivity contribution in [1.82, 2.24) is 9.80 Å². The van der Waals surface area contributed by atoms with Crippen molar-refractivity contribution >= 4 is 10.8 Å². The lowest BCUT2D eigenvalue weighted by Gasteiger charge is -2.66. The molecule has 0 aliphatic carbocycles. The van der Waals surface area contributed by atoms with E-state index in [1.54, 1.807) is 13.8 Å². The Labute approximate surface area is 162 Å². The van der Waals surface area contributed by atoms with Crippen LogP contribution in [0.15, 0.2) is 42.5 Å². The zero-order valence-electron chi connectivity index (χ0n) is 15.9. The van der Waals surface area contributed by atoms with Gasteiger partial charge in [0.15, 0.2) is 0 Å². The van der Waals surface area contributed by atoms with Crippen LogP contribution in [0.2, 0.25) is 0 Å². The maximum absolute atomic E-state index is 12.2. The fourth-order valence-corrected chi connectivity index (χ4v) is 5.91. The van der Waals surface area contributed by atoms with Gasteiger partial charge in [-0.15, -0.1) is 0 Å². The van der Waals surface area contributed by atoms with Crippen LogP contribution in [0.3, 0.4) is 0 Å². The minimum atomic E-state index is -1.35. The lowest BCUT2D eigenvalue weighted by atomic mass is 9.53. The summed E-state index contributed by atoms with van der Waals surface area (Å²) in [5.41, 5.74) is -2.68. The molecule has 4 aliphatic rings. The molecule has 4 heterocycles. The summed E-state index contributed by atoms with van der Waals surface area (Å²) in [5, 5.41) is 26.6. The SMILES string of the molecule is CC1(C)C2([N+](=O)[O-])CN3CC1([N+](=O)[O-])CN(C2)C3c1cccc2ccccc12. The van der Waals surface area contributed by atoms with Gasteiger partial charge in [-0.3, -0.25) is 30.0 Å². The standard InChI is InChI=1S/C20H22N4O4/c1-18(2)19(23(25)26)10-21-12-20(18,24(27)28)13-22(11-19)17(21)16-9-5-7-14-6-3-4-8-15(14)16/h3-9,17H,10-13H2,1-2H3. The molecule has 4 aliphatic heterocycles. The van der Waals surface area contributed by atoms with E-state index in [9.17, 15) is 20.2 Å². The van der Waals surface area contributed by atoms with E-state index in [4.69, 9.17) is 0 Å². The molecule has 2 aromatic rings. The lowest BCUT2D eigenvalue weighted by molar-refractivity contribution is -0.679. The van der Waals surface area contributed by atoms with Crippen LogP contribution < -0.4 is 0 Å². The van der Waals surface area contributed by atoms with Crippen LogP contribution in [0.5, 0.6) is 0 Å². The average molecular weight is 382 g/mol. The van der Waals surface area contributed by atoms with E-state index in [1.807, 2.05) is 46.2 Å². The van der Waals surface area contributed by atoms with Gasteiger partial charge in [0.2, 0.25) is 0 Å². The Kier molecular flexibility index (Phi) is 3.30. The quantitative estimate of drug-likeness (QED) is 0.598. The molecule has 28 heavy (non-hydrogen) atoms. The topological polar surface area (TPSA) is 92.8 Å². The molecular formula is C20H22N4O4. The van der Waals surface area contributed by atoms with Gasteiger partial charge in [0.05, 0.1) is 32.3 Å². The maximum Gasteiger partial charge on any atom is 0.259 e. The molecule has 4 bridgehead atoms. The Bertz CT molecular complexity index is 963. The zero-order valence-corrected chi connectivity index (χ0v) is 15.9. The van der Waals surface area contributed by atoms with E-state index >= 15 is 0 Å². The smallest absolute Gasteiger partial charge is 0.259 e. The van der Waals surface area contributed by atoms with Crippen LogP contribution in [0.1, 0.15) is 25.6 Å². The largest absolute Gasteiger partial charge is 0.270 e. The van der Waals surface area contributed by atoms with Gasteiger partial charge in [-0.25, -0.2) is 0 Å². The van der Waals surface area contributed by atoms with Crippen molar-refractivity contribution in [1.29, 1.82) is 0 Å². The molecule has 0 amide bonds. The highest BCUT2D eigenvalue weighted by Crippen LogP contribution is 2.58. The van der Waals surface area contributed by atoms with Crippen LogP contribution in [0.4, 0.5) is 0 Å². The Balaban J connectivity index is 1.69. The van der Waals surface area contributed by atoms with Gasteiger partial charge in [0.25, 0.3) is 11.1 Å². The number of hydrogen-bond donors (Lipinski definition) is 0. The van der Waals surface area contributed by atoms with Crippen molar-refractivity contribution in [3.8, 4) is 0 Å². The zero-order chi connectivity index (χ0) is 19.9. The molecule has 8 nitrogen and oxygen atoms in total. The second kappa shape index (κ2) is 5.27. The van der Waals surface area contributed by atoms with E-state index in [2.05, 4.69) is 6.07 Å². The number of piperidine rings is 2. The van der Waals surface area contributed by atoms with Gasteiger partial charge >= 0.3 is 0 Å². The molecule has 0 unspecified atom stereocenters. The second-order valence-electron chi connectivity index (χ2n) is 8.95. The van der Waals surface area contributed by atoms with Crippen molar-refractivity contribution in [2.75, 3.05) is 26.2 Å². The van der Waals surface area contributed by atoms with Crippen LogP contribution in [-0.4, -0.2) is 56.9 Å². The van der Waals surface area contributed by atoms with E-state index in [0.29, 0.717) is 0 Å². The predicted molar refractivity (Wildman–Crippen MR) is 103 cm³/mol. The highest BCUT2D eigenvalue weighted by molar-refractivity contribution is 5.86. The lowest BCUT2D eigenvalue weighted by Crippen LogP contribution is -2.88. The Hall–Kier alpha value is -2.58. The van der Waals surface area contributed by atoms with Crippen molar-refractivity contribution in [2.45, 2.75) is 31.1 Å². The second-order valence-corrected chi connectivity index (χ2v) is 8.95. The average Bonchev–Trinajstić information content (AvgIpc) is 2.64. The summed E-state index contributed by atoms with van der Waals surface area (Å²) in [6, 6.07) is 14.1. The van der Waals surface area contributed by atoms with E-state index in [0.717, 1.165) is 16.3 Å². The summed E-state index contributed by atoms with van der Waals surface area (Å²) in [6.07, 6.45) is -0.177. The molecular weight excluding hydrogens is 360 g/mol. The first-order chi connectivity index (χ1) is 13.2. The Morgan fingerprint density at radius 3 is 1.89 bits per heavy atom. The fourth-order valence-electron chi connectivity index (χ4n) is 5.91. The number of nitro groups is 2. The fraction of sp³-hybridized carbons (Fsp3) is 0.500. The highest BCUT2D eigenvalue weighted by Gasteiger charge is 2.81. The van der Waals surface area contributed by atoms with Gasteiger partial charge in [0, 0.05) is 9.85 Å². The molecule has 0 spiro atoms. The summed E-state index contributed by atoms with van der Waals surface area (Å²) in [5.74, 6) is 0. The predicted octanol–water partition coefficient (Wildman–Crippen LogP) is 2.54. The molecule has 0 aromatic heterocycles. The number of fused-ring (bicyclic) bond motifs is 1. The first-order valence-corrected chi connectivity index (χ1v) is 9.48. The number of rotatable bonds is 3. The van der Waals surface area contributed by atoms with E-state index in [1.165, 1.54) is 0 Å². The van der Waals surface area contributed by atoms with Crippen molar-refractivity contribution in [3.05, 3.63) is 68.3 Å². The van der Waals surface area contributed by atoms with E-state index in [-0.39, 0.29) is 42.2 Å². The first-order valence-electron chi connectivity index (χ1n) is 9.48. The molecule has 6 rings (SSSR count). The summed E-state index contributed by atoms with van der Waals surface area (Å²) in [7, 11) is 0.